The lowest BCUT2D eigenvalue weighted by molar-refractivity contribution is -0.123. The molecule has 2 N–H and O–H groups in total. The predicted octanol–water partition coefficient (Wildman–Crippen LogP) is 4.10. The fraction of sp³-hybridized carbons (Fsp3) is 0.300. The highest BCUT2D eigenvalue weighted by Gasteiger charge is 2.08. The van der Waals surface area contributed by atoms with Crippen LogP contribution in [0.3, 0.4) is 0 Å². The number of aromatic hydroxyl groups is 1. The monoisotopic (exact) mass is 390 g/mol. The molecule has 1 atom stereocenters. The fourth-order valence-electron chi connectivity index (χ4n) is 2.31. The number of nitrogens with one attached hydrogen (secondary N) is 1. The smallest absolute Gasteiger partial charge is 0.277 e. The molecule has 0 aliphatic rings. The molecule has 0 aliphatic heterocycles. The van der Waals surface area contributed by atoms with Crippen LogP contribution >= 0.6 is 11.6 Å². The average Bonchev–Trinajstić information content (AvgIpc) is 2.68. The number of carbonyl (C=O) groups is 1. The molecule has 0 bridgehead atoms. The van der Waals surface area contributed by atoms with Crippen molar-refractivity contribution in [3.05, 3.63) is 52.5 Å². The van der Waals surface area contributed by atoms with Crippen LogP contribution in [-0.2, 0) is 4.79 Å². The number of halogens is 1. The zero-order valence-electron chi connectivity index (χ0n) is 15.5. The highest BCUT2D eigenvalue weighted by atomic mass is 35.5. The van der Waals surface area contributed by atoms with E-state index in [9.17, 15) is 9.90 Å². The van der Waals surface area contributed by atoms with Gasteiger partial charge in [0.05, 0.1) is 18.3 Å². The first-order chi connectivity index (χ1) is 12.9. The lowest BCUT2D eigenvalue weighted by atomic mass is 9.99. The van der Waals surface area contributed by atoms with Crippen LogP contribution in [0.1, 0.15) is 37.3 Å². The van der Waals surface area contributed by atoms with Crippen LogP contribution in [0.2, 0.25) is 5.02 Å². The summed E-state index contributed by atoms with van der Waals surface area (Å²) in [5.74, 6) is 0.793. The van der Waals surface area contributed by atoms with Gasteiger partial charge in [0.2, 0.25) is 0 Å². The van der Waals surface area contributed by atoms with Gasteiger partial charge in [-0.15, -0.1) is 0 Å². The van der Waals surface area contributed by atoms with Crippen LogP contribution in [0, 0.1) is 0 Å². The second-order valence-corrected chi connectivity index (χ2v) is 6.42. The first-order valence-electron chi connectivity index (χ1n) is 8.55. The number of hydrazone groups is 1. The fourth-order valence-corrected chi connectivity index (χ4v) is 2.53. The Bertz CT molecular complexity index is 806. The largest absolute Gasteiger partial charge is 0.503 e. The van der Waals surface area contributed by atoms with E-state index in [-0.39, 0.29) is 23.1 Å². The zero-order chi connectivity index (χ0) is 19.8. The van der Waals surface area contributed by atoms with E-state index < -0.39 is 5.91 Å². The number of benzene rings is 2. The Labute approximate surface area is 163 Å². The van der Waals surface area contributed by atoms with E-state index in [2.05, 4.69) is 24.4 Å². The predicted molar refractivity (Wildman–Crippen MR) is 106 cm³/mol. The molecular formula is C20H23ClN2O4. The maximum absolute atomic E-state index is 11.8. The third kappa shape index (κ3) is 5.89. The average molecular weight is 391 g/mol. The molecule has 0 saturated heterocycles. The summed E-state index contributed by atoms with van der Waals surface area (Å²) >= 11 is 5.90. The van der Waals surface area contributed by atoms with Crippen molar-refractivity contribution in [1.82, 2.24) is 5.43 Å². The number of ether oxygens (including phenoxy) is 2. The first-order valence-corrected chi connectivity index (χ1v) is 8.93. The van der Waals surface area contributed by atoms with Crippen LogP contribution < -0.4 is 14.9 Å². The quantitative estimate of drug-likeness (QED) is 0.525. The lowest BCUT2D eigenvalue weighted by Gasteiger charge is -2.10. The molecular weight excluding hydrogens is 368 g/mol. The van der Waals surface area contributed by atoms with Crippen LogP contribution in [0.25, 0.3) is 0 Å². The van der Waals surface area contributed by atoms with E-state index in [0.717, 1.165) is 6.42 Å². The maximum atomic E-state index is 11.8. The number of phenolic OH excluding ortho intramolecular Hbond substituents is 1. The van der Waals surface area contributed by atoms with Gasteiger partial charge in [0.25, 0.3) is 5.91 Å². The Morgan fingerprint density at radius 3 is 2.67 bits per heavy atom. The normalized spacial score (nSPS) is 12.0. The number of carbonyl (C=O) groups excluding carboxylic acids is 1. The molecule has 0 heterocycles. The molecule has 6 nitrogen and oxygen atoms in total. The molecule has 1 amide bonds. The SMILES string of the molecule is CC[C@@H](C)c1ccc(OCC(=O)N/N=C/c2cc(Cl)c(O)c(OC)c2)cc1. The van der Waals surface area contributed by atoms with Gasteiger partial charge in [-0.25, -0.2) is 5.43 Å². The molecule has 0 fully saturated rings. The summed E-state index contributed by atoms with van der Waals surface area (Å²) in [4.78, 5) is 11.8. The van der Waals surface area contributed by atoms with Crippen LogP contribution in [0.15, 0.2) is 41.5 Å². The molecule has 7 heteroatoms. The van der Waals surface area contributed by atoms with Crippen molar-refractivity contribution in [3.8, 4) is 17.2 Å². The van der Waals surface area contributed by atoms with E-state index in [1.807, 2.05) is 24.3 Å². The summed E-state index contributed by atoms with van der Waals surface area (Å²) in [5, 5.41) is 13.7. The van der Waals surface area contributed by atoms with Crippen molar-refractivity contribution in [2.24, 2.45) is 5.10 Å². The maximum Gasteiger partial charge on any atom is 0.277 e. The summed E-state index contributed by atoms with van der Waals surface area (Å²) in [6.07, 6.45) is 2.46. The molecule has 0 aliphatic carbocycles. The van der Waals surface area contributed by atoms with Crippen molar-refractivity contribution >= 4 is 23.7 Å². The molecule has 2 aromatic carbocycles. The van der Waals surface area contributed by atoms with Gasteiger partial charge in [-0.3, -0.25) is 4.79 Å². The Hall–Kier alpha value is -2.73. The standard InChI is InChI=1S/C20H23ClN2O4/c1-4-13(2)15-5-7-16(8-6-15)27-12-19(24)23-22-11-14-9-17(21)20(25)18(10-14)26-3/h5-11,13,25H,4,12H2,1-3H3,(H,23,24)/b22-11+/t13-/m1/s1. The highest BCUT2D eigenvalue weighted by molar-refractivity contribution is 6.32. The molecule has 2 rings (SSSR count). The number of phenols is 1. The van der Waals surface area contributed by atoms with E-state index >= 15 is 0 Å². The number of amides is 1. The Morgan fingerprint density at radius 2 is 2.04 bits per heavy atom. The third-order valence-corrected chi connectivity index (χ3v) is 4.39. The summed E-state index contributed by atoms with van der Waals surface area (Å²) in [7, 11) is 1.42. The molecule has 0 aromatic heterocycles. The van der Waals surface area contributed by atoms with Crippen LogP contribution in [0.4, 0.5) is 0 Å². The van der Waals surface area contributed by atoms with Crippen molar-refractivity contribution < 1.29 is 19.4 Å². The molecule has 0 saturated carbocycles. The highest BCUT2D eigenvalue weighted by Crippen LogP contribution is 2.34. The number of methoxy groups -OCH3 is 1. The van der Waals surface area contributed by atoms with Crippen molar-refractivity contribution in [2.75, 3.05) is 13.7 Å². The molecule has 0 unspecified atom stereocenters. The summed E-state index contributed by atoms with van der Waals surface area (Å²) in [6, 6.07) is 10.8. The number of rotatable bonds is 8. The van der Waals surface area contributed by atoms with Gasteiger partial charge in [-0.1, -0.05) is 37.6 Å². The van der Waals surface area contributed by atoms with Gasteiger partial charge in [0.15, 0.2) is 18.1 Å². The lowest BCUT2D eigenvalue weighted by Crippen LogP contribution is -2.24. The van der Waals surface area contributed by atoms with Crippen molar-refractivity contribution in [1.29, 1.82) is 0 Å². The Kier molecular flexibility index (Phi) is 7.49. The third-order valence-electron chi connectivity index (χ3n) is 4.10. The first kappa shape index (κ1) is 20.6. The van der Waals surface area contributed by atoms with Crippen molar-refractivity contribution in [3.63, 3.8) is 0 Å². The molecule has 27 heavy (non-hydrogen) atoms. The van der Waals surface area contributed by atoms with Crippen LogP contribution in [0.5, 0.6) is 17.2 Å². The number of hydrogen-bond donors (Lipinski definition) is 2. The topological polar surface area (TPSA) is 80.2 Å². The van der Waals surface area contributed by atoms with E-state index in [1.54, 1.807) is 6.07 Å². The van der Waals surface area contributed by atoms with Gasteiger partial charge in [-0.05, 0) is 47.7 Å². The second kappa shape index (κ2) is 9.83. The minimum Gasteiger partial charge on any atom is -0.503 e. The summed E-state index contributed by atoms with van der Waals surface area (Å²) in [5.41, 5.74) is 4.17. The molecule has 144 valence electrons. The second-order valence-electron chi connectivity index (χ2n) is 6.01. The van der Waals surface area contributed by atoms with E-state index in [4.69, 9.17) is 21.1 Å². The Morgan fingerprint density at radius 1 is 1.33 bits per heavy atom. The van der Waals surface area contributed by atoms with E-state index in [1.165, 1.54) is 25.0 Å². The minimum absolute atomic E-state index is 0.131. The zero-order valence-corrected chi connectivity index (χ0v) is 16.3. The summed E-state index contributed by atoms with van der Waals surface area (Å²) in [6.45, 7) is 4.15. The van der Waals surface area contributed by atoms with Crippen LogP contribution in [-0.4, -0.2) is 30.9 Å². The number of hydrogen-bond acceptors (Lipinski definition) is 5. The van der Waals surface area contributed by atoms with Gasteiger partial charge >= 0.3 is 0 Å². The molecule has 0 radical (unpaired) electrons. The summed E-state index contributed by atoms with van der Waals surface area (Å²) < 4.78 is 10.5. The van der Waals surface area contributed by atoms with Gasteiger partial charge in [-0.2, -0.15) is 5.10 Å². The van der Waals surface area contributed by atoms with Gasteiger partial charge in [0, 0.05) is 0 Å². The van der Waals surface area contributed by atoms with Gasteiger partial charge < -0.3 is 14.6 Å². The number of nitrogens with zero attached hydrogens (tertiary/aromatic N) is 1. The molecule has 0 spiro atoms. The Balaban J connectivity index is 1.86. The minimum atomic E-state index is -0.394. The van der Waals surface area contributed by atoms with E-state index in [0.29, 0.717) is 17.2 Å². The van der Waals surface area contributed by atoms with Gasteiger partial charge in [0.1, 0.15) is 5.75 Å². The molecule has 2 aromatic rings. The van der Waals surface area contributed by atoms with Crippen molar-refractivity contribution in [2.45, 2.75) is 26.2 Å².